The van der Waals surface area contributed by atoms with Gasteiger partial charge in [-0.3, -0.25) is 14.2 Å². The van der Waals surface area contributed by atoms with Gasteiger partial charge in [-0.15, -0.1) is 0 Å². The quantitative estimate of drug-likeness (QED) is 0.648. The predicted molar refractivity (Wildman–Crippen MR) is 97.2 cm³/mol. The molecule has 0 fully saturated rings. The molecular weight excluding hydrogens is 392 g/mol. The average Bonchev–Trinajstić information content (AvgIpc) is 2.92. The van der Waals surface area contributed by atoms with Crippen LogP contribution in [0, 0.1) is 12.7 Å². The lowest BCUT2D eigenvalue weighted by atomic mass is 10.1. The number of carbonyl (C=O) groups excluding carboxylic acids is 2. The molecule has 0 spiro atoms. The lowest BCUT2D eigenvalue weighted by Crippen LogP contribution is -2.20. The molecule has 9 heteroatoms. The van der Waals surface area contributed by atoms with Gasteiger partial charge in [-0.05, 0) is 42.8 Å². The number of amides is 1. The van der Waals surface area contributed by atoms with Gasteiger partial charge in [0, 0.05) is 29.8 Å². The van der Waals surface area contributed by atoms with Crippen LogP contribution < -0.4 is 5.32 Å². The summed E-state index contributed by atoms with van der Waals surface area (Å²) < 4.78 is 53.4. The van der Waals surface area contributed by atoms with Crippen LogP contribution in [0.4, 0.5) is 17.6 Å². The molecule has 2 N–H and O–H groups in total. The van der Waals surface area contributed by atoms with E-state index in [1.807, 2.05) is 0 Å². The van der Waals surface area contributed by atoms with Crippen LogP contribution in [-0.4, -0.2) is 28.5 Å². The maximum absolute atomic E-state index is 14.0. The van der Waals surface area contributed by atoms with E-state index in [1.54, 1.807) is 0 Å². The number of hydrogen-bond acceptors (Lipinski definition) is 3. The van der Waals surface area contributed by atoms with E-state index < -0.39 is 29.2 Å². The lowest BCUT2D eigenvalue weighted by molar-refractivity contribution is -0.137. The first-order valence-electron chi connectivity index (χ1n) is 8.49. The van der Waals surface area contributed by atoms with Gasteiger partial charge >= 0.3 is 6.18 Å². The molecule has 0 unspecified atom stereocenters. The molecule has 0 aliphatic rings. The fourth-order valence-electron chi connectivity index (χ4n) is 3.15. The van der Waals surface area contributed by atoms with Gasteiger partial charge in [0.2, 0.25) is 5.91 Å². The zero-order chi connectivity index (χ0) is 21.5. The molecule has 152 valence electrons. The Hall–Kier alpha value is -3.36. The molecule has 0 saturated heterocycles. The van der Waals surface area contributed by atoms with Crippen molar-refractivity contribution in [3.8, 4) is 5.75 Å². The Morgan fingerprint density at radius 3 is 2.31 bits per heavy atom. The predicted octanol–water partition coefficient (Wildman–Crippen LogP) is 3.79. The van der Waals surface area contributed by atoms with Crippen molar-refractivity contribution in [1.82, 2.24) is 9.88 Å². The van der Waals surface area contributed by atoms with Crippen LogP contribution in [0.2, 0.25) is 0 Å². The van der Waals surface area contributed by atoms with Crippen molar-refractivity contribution in [3.05, 3.63) is 64.6 Å². The van der Waals surface area contributed by atoms with Gasteiger partial charge in [0.1, 0.15) is 0 Å². The number of carbonyl (C=O) groups is 2. The third kappa shape index (κ3) is 3.67. The number of phenolic OH excluding ortho intramolecular Hbond substituents is 1. The minimum absolute atomic E-state index is 0.0435. The second kappa shape index (κ2) is 7.23. The second-order valence-corrected chi connectivity index (χ2v) is 6.45. The Balaban J connectivity index is 2.18. The highest BCUT2D eigenvalue weighted by molar-refractivity contribution is 6.05. The zero-order valence-corrected chi connectivity index (χ0v) is 15.4. The van der Waals surface area contributed by atoms with E-state index in [1.165, 1.54) is 14.0 Å². The molecule has 0 aliphatic carbocycles. The second-order valence-electron chi connectivity index (χ2n) is 6.45. The Kier molecular flexibility index (Phi) is 5.08. The number of phenols is 1. The highest BCUT2D eigenvalue weighted by atomic mass is 19.4. The molecule has 29 heavy (non-hydrogen) atoms. The number of benzene rings is 2. The van der Waals surface area contributed by atoms with E-state index in [0.29, 0.717) is 16.6 Å². The topological polar surface area (TPSA) is 71.3 Å². The number of aromatic nitrogens is 1. The summed E-state index contributed by atoms with van der Waals surface area (Å²) in [5, 5.41) is 12.5. The molecule has 3 rings (SSSR count). The van der Waals surface area contributed by atoms with Crippen LogP contribution in [0.1, 0.15) is 27.2 Å². The zero-order valence-electron chi connectivity index (χ0n) is 15.4. The number of fused-ring (bicyclic) bond motifs is 1. The molecule has 2 aromatic carbocycles. The van der Waals surface area contributed by atoms with Crippen LogP contribution in [0.3, 0.4) is 0 Å². The van der Waals surface area contributed by atoms with Gasteiger partial charge in [-0.25, -0.2) is 4.39 Å². The molecule has 0 bridgehead atoms. The Morgan fingerprint density at radius 1 is 1.14 bits per heavy atom. The molecule has 1 aromatic heterocycles. The summed E-state index contributed by atoms with van der Waals surface area (Å²) in [4.78, 5) is 24.9. The number of hydrogen-bond donors (Lipinski definition) is 2. The largest absolute Gasteiger partial charge is 0.505 e. The van der Waals surface area contributed by atoms with Crippen LogP contribution in [-0.2, 0) is 17.4 Å². The number of nitrogens with one attached hydrogen (secondary N) is 1. The molecular formula is C20H16F4N2O3. The van der Waals surface area contributed by atoms with Crippen molar-refractivity contribution >= 4 is 22.7 Å². The summed E-state index contributed by atoms with van der Waals surface area (Å²) in [6.07, 6.45) is -4.67. The van der Waals surface area contributed by atoms with Crippen molar-refractivity contribution in [2.75, 3.05) is 7.05 Å². The van der Waals surface area contributed by atoms with Crippen LogP contribution in [0.5, 0.6) is 5.75 Å². The third-order valence-corrected chi connectivity index (χ3v) is 4.68. The van der Waals surface area contributed by atoms with Gasteiger partial charge in [0.25, 0.3) is 5.91 Å². The standard InChI is InChI=1S/C20H16F4N2O3/c1-10-13(8-18(28)25-2)14-7-17(27)15(21)9-16(14)26(10)19(29)11-3-5-12(6-4-11)20(22,23)24/h3-7,9,27H,8H2,1-2H3,(H,25,28). The van der Waals surface area contributed by atoms with Gasteiger partial charge in [-0.2, -0.15) is 13.2 Å². The van der Waals surface area contributed by atoms with E-state index in [4.69, 9.17) is 0 Å². The monoisotopic (exact) mass is 408 g/mol. The number of aromatic hydroxyl groups is 1. The molecule has 0 saturated carbocycles. The summed E-state index contributed by atoms with van der Waals surface area (Å²) in [6.45, 7) is 1.54. The van der Waals surface area contributed by atoms with E-state index in [2.05, 4.69) is 5.32 Å². The average molecular weight is 408 g/mol. The molecule has 1 amide bonds. The van der Waals surface area contributed by atoms with Gasteiger partial charge in [-0.1, -0.05) is 0 Å². The number of rotatable bonds is 3. The summed E-state index contributed by atoms with van der Waals surface area (Å²) >= 11 is 0. The summed E-state index contributed by atoms with van der Waals surface area (Å²) in [6, 6.07) is 5.70. The van der Waals surface area contributed by atoms with E-state index in [-0.39, 0.29) is 23.4 Å². The highest BCUT2D eigenvalue weighted by Gasteiger charge is 2.30. The van der Waals surface area contributed by atoms with Crippen molar-refractivity contribution in [2.24, 2.45) is 0 Å². The fraction of sp³-hybridized carbons (Fsp3) is 0.200. The van der Waals surface area contributed by atoms with Crippen molar-refractivity contribution in [1.29, 1.82) is 0 Å². The van der Waals surface area contributed by atoms with E-state index in [0.717, 1.165) is 41.0 Å². The fourth-order valence-corrected chi connectivity index (χ4v) is 3.15. The first-order chi connectivity index (χ1) is 13.5. The molecule has 3 aromatic rings. The minimum Gasteiger partial charge on any atom is -0.505 e. The number of nitrogens with zero attached hydrogens (tertiary/aromatic N) is 1. The molecule has 0 aliphatic heterocycles. The van der Waals surface area contributed by atoms with Gasteiger partial charge in [0.15, 0.2) is 11.6 Å². The molecule has 0 atom stereocenters. The Labute approximate surface area is 162 Å². The van der Waals surface area contributed by atoms with Crippen molar-refractivity contribution in [3.63, 3.8) is 0 Å². The normalized spacial score (nSPS) is 11.7. The van der Waals surface area contributed by atoms with E-state index >= 15 is 0 Å². The maximum atomic E-state index is 14.0. The molecule has 5 nitrogen and oxygen atoms in total. The number of alkyl halides is 3. The van der Waals surface area contributed by atoms with Gasteiger partial charge < -0.3 is 10.4 Å². The highest BCUT2D eigenvalue weighted by Crippen LogP contribution is 2.33. The first kappa shape index (κ1) is 20.4. The first-order valence-corrected chi connectivity index (χ1v) is 8.49. The lowest BCUT2D eigenvalue weighted by Gasteiger charge is -2.10. The van der Waals surface area contributed by atoms with Crippen LogP contribution >= 0.6 is 0 Å². The van der Waals surface area contributed by atoms with E-state index in [9.17, 15) is 32.3 Å². The Bertz CT molecular complexity index is 1120. The smallest absolute Gasteiger partial charge is 0.416 e. The van der Waals surface area contributed by atoms with Crippen molar-refractivity contribution in [2.45, 2.75) is 19.5 Å². The van der Waals surface area contributed by atoms with Crippen LogP contribution in [0.25, 0.3) is 10.9 Å². The van der Waals surface area contributed by atoms with Gasteiger partial charge in [0.05, 0.1) is 17.5 Å². The minimum atomic E-state index is -4.54. The third-order valence-electron chi connectivity index (χ3n) is 4.68. The summed E-state index contributed by atoms with van der Waals surface area (Å²) in [5.74, 6) is -2.66. The van der Waals surface area contributed by atoms with Crippen LogP contribution in [0.15, 0.2) is 36.4 Å². The van der Waals surface area contributed by atoms with Crippen molar-refractivity contribution < 1.29 is 32.3 Å². The number of halogens is 4. The summed E-state index contributed by atoms with van der Waals surface area (Å²) in [7, 11) is 1.43. The SMILES string of the molecule is CNC(=O)Cc1c(C)n(C(=O)c2ccc(C(F)(F)F)cc2)c2cc(F)c(O)cc12. The Morgan fingerprint density at radius 2 is 1.76 bits per heavy atom. The molecule has 1 heterocycles. The number of likely N-dealkylation sites (N-methyl/N-ethyl adjacent to an activating group) is 1. The summed E-state index contributed by atoms with van der Waals surface area (Å²) in [5.41, 5.74) is -0.132. The molecule has 0 radical (unpaired) electrons. The maximum Gasteiger partial charge on any atom is 0.416 e.